The second-order valence-corrected chi connectivity index (χ2v) is 5.70. The molecule has 0 radical (unpaired) electrons. The first kappa shape index (κ1) is 16.3. The van der Waals surface area contributed by atoms with Gasteiger partial charge in [-0.05, 0) is 30.7 Å². The normalized spacial score (nSPS) is 13.6. The van der Waals surface area contributed by atoms with Gasteiger partial charge in [-0.2, -0.15) is 5.26 Å². The summed E-state index contributed by atoms with van der Waals surface area (Å²) in [5.74, 6) is 0.226. The van der Waals surface area contributed by atoms with Crippen molar-refractivity contribution in [2.24, 2.45) is 10.7 Å². The standard InChI is InChI=1S/C20H18N4O/c1-13(14-7-3-2-4-8-14)23-20(22)15(12-21)11-18-19(25)16-9-5-6-10-17(16)24-18/h2-11,13,24-25H,1H3,(H2,22,23)/b15-11-. The zero-order valence-corrected chi connectivity index (χ0v) is 13.8. The molecule has 0 spiro atoms. The fourth-order valence-corrected chi connectivity index (χ4v) is 2.64. The van der Waals surface area contributed by atoms with Crippen LogP contribution in [-0.2, 0) is 0 Å². The van der Waals surface area contributed by atoms with Crippen molar-refractivity contribution in [2.75, 3.05) is 0 Å². The summed E-state index contributed by atoms with van der Waals surface area (Å²) in [7, 11) is 0. The van der Waals surface area contributed by atoms with Crippen molar-refractivity contribution in [3.63, 3.8) is 0 Å². The summed E-state index contributed by atoms with van der Waals surface area (Å²) in [6.07, 6.45) is 1.52. The van der Waals surface area contributed by atoms with Crippen LogP contribution in [0.1, 0.15) is 24.2 Å². The summed E-state index contributed by atoms with van der Waals surface area (Å²) in [4.78, 5) is 7.49. The lowest BCUT2D eigenvalue weighted by Crippen LogP contribution is -2.15. The molecule has 0 bridgehead atoms. The summed E-state index contributed by atoms with van der Waals surface area (Å²) in [5.41, 5.74) is 8.45. The van der Waals surface area contributed by atoms with Gasteiger partial charge in [0.05, 0.1) is 17.3 Å². The van der Waals surface area contributed by atoms with Gasteiger partial charge in [-0.25, -0.2) is 0 Å². The number of aromatic hydroxyl groups is 1. The van der Waals surface area contributed by atoms with Crippen molar-refractivity contribution in [1.29, 1.82) is 5.26 Å². The van der Waals surface area contributed by atoms with E-state index in [4.69, 9.17) is 5.73 Å². The number of H-pyrrole nitrogens is 1. The van der Waals surface area contributed by atoms with Gasteiger partial charge in [-0.15, -0.1) is 0 Å². The Labute approximate surface area is 145 Å². The largest absolute Gasteiger partial charge is 0.505 e. The number of aliphatic imine (C=N–C) groups is 1. The Hall–Kier alpha value is -3.52. The summed E-state index contributed by atoms with van der Waals surface area (Å²) in [5, 5.41) is 20.4. The van der Waals surface area contributed by atoms with Crippen LogP contribution in [0.5, 0.6) is 5.75 Å². The lowest BCUT2D eigenvalue weighted by atomic mass is 10.1. The van der Waals surface area contributed by atoms with Crippen molar-refractivity contribution in [3.8, 4) is 11.8 Å². The summed E-state index contributed by atoms with van der Waals surface area (Å²) in [6.45, 7) is 1.91. The molecule has 5 nitrogen and oxygen atoms in total. The third-order valence-corrected chi connectivity index (χ3v) is 4.01. The van der Waals surface area contributed by atoms with E-state index in [0.717, 1.165) is 11.1 Å². The minimum atomic E-state index is -0.172. The molecule has 0 aliphatic heterocycles. The monoisotopic (exact) mass is 330 g/mol. The minimum Gasteiger partial charge on any atom is -0.505 e. The third-order valence-electron chi connectivity index (χ3n) is 4.01. The number of nitrogens with two attached hydrogens (primary N) is 1. The SMILES string of the molecule is CC(N=C(N)/C(C#N)=C\c1[nH]c2ccccc2c1O)c1ccccc1. The number of rotatable bonds is 4. The van der Waals surface area contributed by atoms with Gasteiger partial charge < -0.3 is 15.8 Å². The smallest absolute Gasteiger partial charge is 0.148 e. The molecule has 1 aromatic heterocycles. The number of nitriles is 1. The topological polar surface area (TPSA) is 98.2 Å². The number of hydrogen-bond acceptors (Lipinski definition) is 3. The molecule has 1 heterocycles. The van der Waals surface area contributed by atoms with Gasteiger partial charge in [-0.1, -0.05) is 42.5 Å². The van der Waals surface area contributed by atoms with Crippen LogP contribution in [0.2, 0.25) is 0 Å². The lowest BCUT2D eigenvalue weighted by molar-refractivity contribution is 0.480. The number of aromatic amines is 1. The van der Waals surface area contributed by atoms with Crippen LogP contribution in [-0.4, -0.2) is 15.9 Å². The average Bonchev–Trinajstić information content (AvgIpc) is 2.96. The molecule has 4 N–H and O–H groups in total. The Morgan fingerprint density at radius 2 is 1.88 bits per heavy atom. The van der Waals surface area contributed by atoms with E-state index >= 15 is 0 Å². The quantitative estimate of drug-likeness (QED) is 0.384. The maximum Gasteiger partial charge on any atom is 0.148 e. The van der Waals surface area contributed by atoms with E-state index in [-0.39, 0.29) is 23.2 Å². The second kappa shape index (κ2) is 6.93. The van der Waals surface area contributed by atoms with E-state index in [0.29, 0.717) is 11.1 Å². The number of aromatic nitrogens is 1. The molecular weight excluding hydrogens is 312 g/mol. The summed E-state index contributed by atoms with van der Waals surface area (Å²) in [6, 6.07) is 19.0. The van der Waals surface area contributed by atoms with Gasteiger partial charge in [0.25, 0.3) is 0 Å². The van der Waals surface area contributed by atoms with Gasteiger partial charge in [0.15, 0.2) is 0 Å². The number of benzene rings is 2. The van der Waals surface area contributed by atoms with Crippen molar-refractivity contribution in [1.82, 2.24) is 4.98 Å². The minimum absolute atomic E-state index is 0.0901. The Balaban J connectivity index is 1.95. The highest BCUT2D eigenvalue weighted by Crippen LogP contribution is 2.30. The van der Waals surface area contributed by atoms with E-state index in [9.17, 15) is 10.4 Å². The zero-order chi connectivity index (χ0) is 17.8. The van der Waals surface area contributed by atoms with Crippen LogP contribution in [0.3, 0.4) is 0 Å². The van der Waals surface area contributed by atoms with E-state index in [1.807, 2.05) is 55.5 Å². The van der Waals surface area contributed by atoms with Crippen molar-refractivity contribution < 1.29 is 5.11 Å². The molecule has 0 saturated carbocycles. The predicted molar refractivity (Wildman–Crippen MR) is 100 cm³/mol. The highest BCUT2D eigenvalue weighted by atomic mass is 16.3. The number of para-hydroxylation sites is 1. The number of fused-ring (bicyclic) bond motifs is 1. The zero-order valence-electron chi connectivity index (χ0n) is 13.8. The average molecular weight is 330 g/mol. The Bertz CT molecular complexity index is 993. The van der Waals surface area contributed by atoms with E-state index in [1.54, 1.807) is 6.07 Å². The molecule has 0 saturated heterocycles. The van der Waals surface area contributed by atoms with Crippen LogP contribution >= 0.6 is 0 Å². The summed E-state index contributed by atoms with van der Waals surface area (Å²) >= 11 is 0. The fourth-order valence-electron chi connectivity index (χ4n) is 2.64. The maximum absolute atomic E-state index is 10.3. The van der Waals surface area contributed by atoms with E-state index < -0.39 is 0 Å². The molecule has 1 atom stereocenters. The van der Waals surface area contributed by atoms with Crippen molar-refractivity contribution in [2.45, 2.75) is 13.0 Å². The first-order valence-electron chi connectivity index (χ1n) is 7.90. The van der Waals surface area contributed by atoms with Crippen LogP contribution in [0, 0.1) is 11.3 Å². The first-order valence-corrected chi connectivity index (χ1v) is 7.90. The molecule has 2 aromatic carbocycles. The molecule has 5 heteroatoms. The van der Waals surface area contributed by atoms with Gasteiger partial charge in [0, 0.05) is 10.9 Å². The highest BCUT2D eigenvalue weighted by Gasteiger charge is 2.12. The molecule has 25 heavy (non-hydrogen) atoms. The second-order valence-electron chi connectivity index (χ2n) is 5.70. The van der Waals surface area contributed by atoms with Crippen LogP contribution in [0.25, 0.3) is 17.0 Å². The highest BCUT2D eigenvalue weighted by molar-refractivity contribution is 6.05. The van der Waals surface area contributed by atoms with Crippen LogP contribution in [0.4, 0.5) is 0 Å². The van der Waals surface area contributed by atoms with Gasteiger partial charge in [0.1, 0.15) is 17.7 Å². The molecule has 3 rings (SSSR count). The molecule has 3 aromatic rings. The molecule has 1 unspecified atom stereocenters. The molecule has 0 fully saturated rings. The number of hydrogen-bond donors (Lipinski definition) is 3. The van der Waals surface area contributed by atoms with Crippen LogP contribution in [0.15, 0.2) is 65.2 Å². The third kappa shape index (κ3) is 3.38. The van der Waals surface area contributed by atoms with Crippen molar-refractivity contribution in [3.05, 3.63) is 71.4 Å². The van der Waals surface area contributed by atoms with Crippen LogP contribution < -0.4 is 5.73 Å². The molecule has 0 aliphatic carbocycles. The predicted octanol–water partition coefficient (Wildman–Crippen LogP) is 3.90. The Morgan fingerprint density at radius 3 is 2.56 bits per heavy atom. The molecular formula is C20H18N4O. The first-order chi connectivity index (χ1) is 12.1. The molecule has 124 valence electrons. The number of amidine groups is 1. The lowest BCUT2D eigenvalue weighted by Gasteiger charge is -2.08. The van der Waals surface area contributed by atoms with Gasteiger partial charge >= 0.3 is 0 Å². The molecule has 0 aliphatic rings. The summed E-state index contributed by atoms with van der Waals surface area (Å²) < 4.78 is 0. The number of nitrogens with zero attached hydrogens (tertiary/aromatic N) is 2. The number of nitrogens with one attached hydrogen (secondary N) is 1. The fraction of sp³-hybridized carbons (Fsp3) is 0.100. The van der Waals surface area contributed by atoms with E-state index in [2.05, 4.69) is 16.0 Å². The Morgan fingerprint density at radius 1 is 1.20 bits per heavy atom. The van der Waals surface area contributed by atoms with Gasteiger partial charge in [0.2, 0.25) is 0 Å². The van der Waals surface area contributed by atoms with Crippen molar-refractivity contribution >= 4 is 22.8 Å². The van der Waals surface area contributed by atoms with Gasteiger partial charge in [-0.3, -0.25) is 4.99 Å². The molecule has 0 amide bonds. The maximum atomic E-state index is 10.3. The Kier molecular flexibility index (Phi) is 4.53. The van der Waals surface area contributed by atoms with E-state index in [1.165, 1.54) is 6.08 Å².